The lowest BCUT2D eigenvalue weighted by Crippen LogP contribution is -2.45. The molecule has 4 heteroatoms. The summed E-state index contributed by atoms with van der Waals surface area (Å²) in [5.74, 6) is 0. The van der Waals surface area contributed by atoms with Crippen molar-refractivity contribution in [2.45, 2.75) is 25.5 Å². The van der Waals surface area contributed by atoms with Crippen LogP contribution in [0.15, 0.2) is 30.3 Å². The number of carbonyl (C=O) groups is 1. The van der Waals surface area contributed by atoms with Gasteiger partial charge in [-0.3, -0.25) is 9.63 Å². The summed E-state index contributed by atoms with van der Waals surface area (Å²) < 4.78 is 0. The molecule has 0 N–H and O–H groups in total. The summed E-state index contributed by atoms with van der Waals surface area (Å²) in [6.45, 7) is 2.20. The number of likely N-dealkylation sites (tertiary alicyclic amines) is 1. The molecule has 1 aromatic rings. The van der Waals surface area contributed by atoms with Crippen LogP contribution in [0, 0.1) is 0 Å². The molecule has 98 valence electrons. The van der Waals surface area contributed by atoms with Crippen molar-refractivity contribution in [3.63, 3.8) is 0 Å². The molecular formula is C14H20N2O2. The topological polar surface area (TPSA) is 32.8 Å². The maximum Gasteiger partial charge on any atom is 0.209 e. The standard InChI is InChI=1S/C14H20N2O2/c1-15(14-8-5-9-16(10-14)12-17)18-11-13-6-3-2-4-7-13/h2-4,6-7,12,14H,5,8-11H2,1H3. The van der Waals surface area contributed by atoms with Crippen molar-refractivity contribution in [3.8, 4) is 0 Å². The Hall–Kier alpha value is -1.39. The van der Waals surface area contributed by atoms with Gasteiger partial charge in [-0.1, -0.05) is 30.3 Å². The minimum Gasteiger partial charge on any atom is -0.344 e. The number of hydroxylamine groups is 2. The summed E-state index contributed by atoms with van der Waals surface area (Å²) in [5, 5.41) is 1.89. The summed E-state index contributed by atoms with van der Waals surface area (Å²) in [4.78, 5) is 18.3. The molecule has 1 aliphatic rings. The third-order valence-electron chi connectivity index (χ3n) is 3.37. The first-order valence-corrected chi connectivity index (χ1v) is 6.38. The van der Waals surface area contributed by atoms with E-state index >= 15 is 0 Å². The van der Waals surface area contributed by atoms with E-state index in [1.165, 1.54) is 0 Å². The second-order valence-electron chi connectivity index (χ2n) is 4.70. The van der Waals surface area contributed by atoms with Gasteiger partial charge in [-0.15, -0.1) is 0 Å². The van der Waals surface area contributed by atoms with Gasteiger partial charge in [0.15, 0.2) is 0 Å². The van der Waals surface area contributed by atoms with Gasteiger partial charge in [-0.2, -0.15) is 5.06 Å². The quantitative estimate of drug-likeness (QED) is 0.587. The fourth-order valence-electron chi connectivity index (χ4n) is 2.23. The molecule has 2 rings (SSSR count). The molecule has 1 unspecified atom stereocenters. The third kappa shape index (κ3) is 3.55. The average Bonchev–Trinajstić information content (AvgIpc) is 2.46. The van der Waals surface area contributed by atoms with E-state index in [1.54, 1.807) is 0 Å². The molecule has 0 aromatic heterocycles. The Morgan fingerprint density at radius 1 is 1.44 bits per heavy atom. The van der Waals surface area contributed by atoms with Crippen molar-refractivity contribution in [1.82, 2.24) is 9.96 Å². The molecule has 1 fully saturated rings. The zero-order valence-corrected chi connectivity index (χ0v) is 10.8. The Kier molecular flexibility index (Phi) is 4.73. The Balaban J connectivity index is 1.80. The van der Waals surface area contributed by atoms with E-state index in [4.69, 9.17) is 4.84 Å². The lowest BCUT2D eigenvalue weighted by atomic mass is 10.1. The lowest BCUT2D eigenvalue weighted by Gasteiger charge is -2.35. The van der Waals surface area contributed by atoms with Crippen LogP contribution in [0.3, 0.4) is 0 Å². The second kappa shape index (κ2) is 6.52. The number of hydrogen-bond acceptors (Lipinski definition) is 3. The number of benzene rings is 1. The number of amides is 1. The summed E-state index contributed by atoms with van der Waals surface area (Å²) in [6, 6.07) is 10.4. The zero-order chi connectivity index (χ0) is 12.8. The SMILES string of the molecule is CN(OCc1ccccc1)C1CCCN(C=O)C1. The molecule has 18 heavy (non-hydrogen) atoms. The van der Waals surface area contributed by atoms with Gasteiger partial charge in [0.05, 0.1) is 12.6 Å². The summed E-state index contributed by atoms with van der Waals surface area (Å²) in [7, 11) is 1.95. The number of rotatable bonds is 5. The van der Waals surface area contributed by atoms with E-state index in [-0.39, 0.29) is 0 Å². The van der Waals surface area contributed by atoms with Crippen LogP contribution >= 0.6 is 0 Å². The van der Waals surface area contributed by atoms with E-state index < -0.39 is 0 Å². The first kappa shape index (κ1) is 13.1. The Morgan fingerprint density at radius 3 is 2.94 bits per heavy atom. The molecule has 4 nitrogen and oxygen atoms in total. The van der Waals surface area contributed by atoms with Gasteiger partial charge in [-0.25, -0.2) is 0 Å². The third-order valence-corrected chi connectivity index (χ3v) is 3.37. The van der Waals surface area contributed by atoms with Gasteiger partial charge in [0.25, 0.3) is 0 Å². The van der Waals surface area contributed by atoms with Crippen molar-refractivity contribution in [2.24, 2.45) is 0 Å². The molecule has 1 atom stereocenters. The van der Waals surface area contributed by atoms with E-state index in [0.717, 1.165) is 37.9 Å². The second-order valence-corrected chi connectivity index (χ2v) is 4.70. The average molecular weight is 248 g/mol. The van der Waals surface area contributed by atoms with Crippen LogP contribution in [0.4, 0.5) is 0 Å². The largest absolute Gasteiger partial charge is 0.344 e. The molecule has 0 radical (unpaired) electrons. The van der Waals surface area contributed by atoms with E-state index in [9.17, 15) is 4.79 Å². The van der Waals surface area contributed by atoms with Gasteiger partial charge in [-0.05, 0) is 18.4 Å². The highest BCUT2D eigenvalue weighted by Gasteiger charge is 2.22. The molecule has 0 aliphatic carbocycles. The minimum atomic E-state index is 0.299. The van der Waals surface area contributed by atoms with Crippen LogP contribution in [0.25, 0.3) is 0 Å². The highest BCUT2D eigenvalue weighted by atomic mass is 16.7. The van der Waals surface area contributed by atoms with Crippen LogP contribution in [-0.2, 0) is 16.2 Å². The Labute approximate surface area is 108 Å². The maximum atomic E-state index is 10.8. The van der Waals surface area contributed by atoms with Crippen molar-refractivity contribution in [3.05, 3.63) is 35.9 Å². The Bertz CT molecular complexity index is 369. The molecule has 1 aliphatic heterocycles. The molecule has 0 saturated carbocycles. The first-order chi connectivity index (χ1) is 8.79. The number of nitrogens with zero attached hydrogens (tertiary/aromatic N) is 2. The predicted molar refractivity (Wildman–Crippen MR) is 69.7 cm³/mol. The lowest BCUT2D eigenvalue weighted by molar-refractivity contribution is -0.187. The van der Waals surface area contributed by atoms with E-state index in [1.807, 2.05) is 47.3 Å². The zero-order valence-electron chi connectivity index (χ0n) is 10.8. The summed E-state index contributed by atoms with van der Waals surface area (Å²) >= 11 is 0. The molecule has 0 bridgehead atoms. The van der Waals surface area contributed by atoms with Crippen molar-refractivity contribution < 1.29 is 9.63 Å². The fraction of sp³-hybridized carbons (Fsp3) is 0.500. The maximum absolute atomic E-state index is 10.8. The number of piperidine rings is 1. The van der Waals surface area contributed by atoms with Gasteiger partial charge < -0.3 is 4.90 Å². The molecule has 0 spiro atoms. The van der Waals surface area contributed by atoms with Gasteiger partial charge in [0.1, 0.15) is 0 Å². The van der Waals surface area contributed by atoms with Crippen LogP contribution < -0.4 is 0 Å². The van der Waals surface area contributed by atoms with Crippen molar-refractivity contribution >= 4 is 6.41 Å². The Morgan fingerprint density at radius 2 is 2.22 bits per heavy atom. The smallest absolute Gasteiger partial charge is 0.209 e. The summed E-state index contributed by atoms with van der Waals surface area (Å²) in [6.07, 6.45) is 3.05. The van der Waals surface area contributed by atoms with Crippen molar-refractivity contribution in [2.75, 3.05) is 20.1 Å². The fourth-order valence-corrected chi connectivity index (χ4v) is 2.23. The monoisotopic (exact) mass is 248 g/mol. The highest BCUT2D eigenvalue weighted by Crippen LogP contribution is 2.14. The molecule has 1 amide bonds. The van der Waals surface area contributed by atoms with Gasteiger partial charge in [0, 0.05) is 20.1 Å². The van der Waals surface area contributed by atoms with Crippen LogP contribution in [0.1, 0.15) is 18.4 Å². The van der Waals surface area contributed by atoms with E-state index in [0.29, 0.717) is 12.6 Å². The highest BCUT2D eigenvalue weighted by molar-refractivity contribution is 5.47. The predicted octanol–water partition coefficient (Wildman–Crippen LogP) is 1.67. The van der Waals surface area contributed by atoms with Gasteiger partial charge >= 0.3 is 0 Å². The minimum absolute atomic E-state index is 0.299. The summed E-state index contributed by atoms with van der Waals surface area (Å²) in [5.41, 5.74) is 1.16. The molecule has 1 heterocycles. The number of carbonyl (C=O) groups excluding carboxylic acids is 1. The first-order valence-electron chi connectivity index (χ1n) is 6.38. The molecule has 1 aromatic carbocycles. The van der Waals surface area contributed by atoms with Crippen LogP contribution in [0.2, 0.25) is 0 Å². The number of hydrogen-bond donors (Lipinski definition) is 0. The normalized spacial score (nSPS) is 20.1. The van der Waals surface area contributed by atoms with Crippen molar-refractivity contribution in [1.29, 1.82) is 0 Å². The molecule has 1 saturated heterocycles. The van der Waals surface area contributed by atoms with E-state index in [2.05, 4.69) is 0 Å². The molecular weight excluding hydrogens is 228 g/mol. The van der Waals surface area contributed by atoms with Crippen LogP contribution in [-0.4, -0.2) is 42.6 Å². The number of likely N-dealkylation sites (N-methyl/N-ethyl adjacent to an activating group) is 1. The van der Waals surface area contributed by atoms with Crippen LogP contribution in [0.5, 0.6) is 0 Å². The van der Waals surface area contributed by atoms with Gasteiger partial charge in [0.2, 0.25) is 6.41 Å².